The lowest BCUT2D eigenvalue weighted by molar-refractivity contribution is 0.0967. The van der Waals surface area contributed by atoms with E-state index in [9.17, 15) is 4.79 Å². The van der Waals surface area contributed by atoms with Crippen molar-refractivity contribution in [1.29, 1.82) is 0 Å². The summed E-state index contributed by atoms with van der Waals surface area (Å²) in [4.78, 5) is 21.8. The average molecular weight is 395 g/mol. The lowest BCUT2D eigenvalue weighted by atomic mass is 10.00. The molecule has 0 aliphatic carbocycles. The van der Waals surface area contributed by atoms with Crippen molar-refractivity contribution >= 4 is 56.6 Å². The van der Waals surface area contributed by atoms with Gasteiger partial charge in [0.2, 0.25) is 5.95 Å². The molecule has 3 heterocycles. The van der Waals surface area contributed by atoms with Crippen LogP contribution in [0.2, 0.25) is 10.0 Å². The highest BCUT2D eigenvalue weighted by Crippen LogP contribution is 2.46. The Balaban J connectivity index is 2.04. The number of aromatic nitrogens is 2. The van der Waals surface area contributed by atoms with Gasteiger partial charge in [-0.15, -0.1) is 11.3 Å². The monoisotopic (exact) mass is 394 g/mol. The number of nitrogens with one attached hydrogen (secondary N) is 1. The zero-order valence-electron chi connectivity index (χ0n) is 13.0. The molecular weight excluding hydrogens is 383 g/mol. The van der Waals surface area contributed by atoms with Crippen LogP contribution in [0.5, 0.6) is 5.75 Å². The summed E-state index contributed by atoms with van der Waals surface area (Å²) >= 11 is 14.0. The van der Waals surface area contributed by atoms with E-state index in [4.69, 9.17) is 33.7 Å². The molecular formula is C16H12Cl2N4O2S. The summed E-state index contributed by atoms with van der Waals surface area (Å²) in [5.41, 5.74) is 8.08. The predicted molar refractivity (Wildman–Crippen MR) is 99.9 cm³/mol. The van der Waals surface area contributed by atoms with Gasteiger partial charge < -0.3 is 15.8 Å². The molecule has 4 rings (SSSR count). The molecule has 1 aliphatic rings. The van der Waals surface area contributed by atoms with Gasteiger partial charge in [-0.2, -0.15) is 0 Å². The number of amides is 1. The highest BCUT2D eigenvalue weighted by Gasteiger charge is 2.26. The van der Waals surface area contributed by atoms with Crippen LogP contribution in [0.3, 0.4) is 0 Å². The maximum atomic E-state index is 12.0. The van der Waals surface area contributed by atoms with Crippen LogP contribution in [0.15, 0.2) is 12.1 Å². The number of carbonyl (C=O) groups is 1. The van der Waals surface area contributed by atoms with Gasteiger partial charge in [-0.1, -0.05) is 23.2 Å². The van der Waals surface area contributed by atoms with E-state index in [2.05, 4.69) is 15.3 Å². The van der Waals surface area contributed by atoms with Crippen molar-refractivity contribution in [2.45, 2.75) is 6.42 Å². The zero-order valence-corrected chi connectivity index (χ0v) is 15.3. The van der Waals surface area contributed by atoms with Crippen LogP contribution < -0.4 is 15.8 Å². The highest BCUT2D eigenvalue weighted by atomic mass is 35.5. The van der Waals surface area contributed by atoms with Gasteiger partial charge in [-0.05, 0) is 12.1 Å². The molecule has 3 aromatic rings. The quantitative estimate of drug-likeness (QED) is 0.693. The molecule has 0 bridgehead atoms. The van der Waals surface area contributed by atoms with Gasteiger partial charge in [0, 0.05) is 30.0 Å². The van der Waals surface area contributed by atoms with E-state index in [1.807, 2.05) is 0 Å². The highest BCUT2D eigenvalue weighted by molar-refractivity contribution is 7.20. The number of nitrogens with zero attached hydrogens (tertiary/aromatic N) is 2. The number of hydrogen-bond acceptors (Lipinski definition) is 6. The number of fused-ring (bicyclic) bond motifs is 2. The normalized spacial score (nSPS) is 12.9. The Morgan fingerprint density at radius 1 is 1.32 bits per heavy atom. The van der Waals surface area contributed by atoms with Crippen LogP contribution in [0.25, 0.3) is 21.5 Å². The van der Waals surface area contributed by atoms with Crippen molar-refractivity contribution in [3.8, 4) is 17.0 Å². The van der Waals surface area contributed by atoms with Gasteiger partial charge in [0.15, 0.2) is 0 Å². The fraction of sp³-hybridized carbons (Fsp3) is 0.188. The molecule has 2 aromatic heterocycles. The molecule has 1 aliphatic heterocycles. The number of anilines is 1. The first-order chi connectivity index (χ1) is 12.0. The topological polar surface area (TPSA) is 90.1 Å². The number of halogens is 2. The van der Waals surface area contributed by atoms with Crippen LogP contribution in [0.1, 0.15) is 15.2 Å². The minimum atomic E-state index is -0.191. The summed E-state index contributed by atoms with van der Waals surface area (Å²) in [5.74, 6) is 0.544. The van der Waals surface area contributed by atoms with Crippen molar-refractivity contribution in [2.75, 3.05) is 19.4 Å². The Morgan fingerprint density at radius 3 is 2.88 bits per heavy atom. The second-order valence-corrected chi connectivity index (χ2v) is 7.31. The average Bonchev–Trinajstić information content (AvgIpc) is 3.20. The van der Waals surface area contributed by atoms with Crippen molar-refractivity contribution in [2.24, 2.45) is 0 Å². The molecule has 0 saturated carbocycles. The molecule has 0 radical (unpaired) electrons. The van der Waals surface area contributed by atoms with Crippen LogP contribution in [0.4, 0.5) is 5.95 Å². The first kappa shape index (κ1) is 16.4. The lowest BCUT2D eigenvalue weighted by Crippen LogP contribution is -2.15. The summed E-state index contributed by atoms with van der Waals surface area (Å²) in [7, 11) is 1.58. The van der Waals surface area contributed by atoms with Crippen LogP contribution in [-0.2, 0) is 6.42 Å². The Hall–Kier alpha value is -2.09. The summed E-state index contributed by atoms with van der Waals surface area (Å²) in [6.45, 7) is 0.527. The Bertz CT molecular complexity index is 1030. The van der Waals surface area contributed by atoms with E-state index in [0.29, 0.717) is 44.2 Å². The molecule has 1 aromatic carbocycles. The molecule has 9 heteroatoms. The van der Waals surface area contributed by atoms with E-state index in [0.717, 1.165) is 16.5 Å². The molecule has 3 N–H and O–H groups in total. The second kappa shape index (κ2) is 6.01. The number of carbonyl (C=O) groups excluding carboxylic acids is 1. The van der Waals surface area contributed by atoms with Crippen LogP contribution >= 0.6 is 34.5 Å². The van der Waals surface area contributed by atoms with Crippen molar-refractivity contribution in [3.05, 3.63) is 32.6 Å². The third kappa shape index (κ3) is 2.59. The van der Waals surface area contributed by atoms with E-state index < -0.39 is 0 Å². The number of rotatable bonds is 2. The number of ether oxygens (including phenoxy) is 1. The van der Waals surface area contributed by atoms with Gasteiger partial charge in [0.1, 0.15) is 10.6 Å². The maximum Gasteiger partial charge on any atom is 0.261 e. The number of thiophene rings is 1. The Morgan fingerprint density at radius 2 is 2.12 bits per heavy atom. The number of nitrogens with two attached hydrogens (primary N) is 1. The van der Waals surface area contributed by atoms with E-state index in [-0.39, 0.29) is 11.9 Å². The first-order valence-electron chi connectivity index (χ1n) is 7.42. The summed E-state index contributed by atoms with van der Waals surface area (Å²) in [6, 6.07) is 3.39. The second-order valence-electron chi connectivity index (χ2n) is 5.46. The molecule has 0 fully saturated rings. The maximum absolute atomic E-state index is 12.0. The summed E-state index contributed by atoms with van der Waals surface area (Å²) < 4.78 is 5.62. The minimum absolute atomic E-state index is 0.117. The Labute approximate surface area is 156 Å². The van der Waals surface area contributed by atoms with Crippen molar-refractivity contribution < 1.29 is 9.53 Å². The third-order valence-corrected chi connectivity index (χ3v) is 5.59. The molecule has 0 spiro atoms. The lowest BCUT2D eigenvalue weighted by Gasteiger charge is -2.12. The van der Waals surface area contributed by atoms with E-state index in [1.54, 1.807) is 19.2 Å². The van der Waals surface area contributed by atoms with Gasteiger partial charge in [-0.25, -0.2) is 9.97 Å². The van der Waals surface area contributed by atoms with Crippen molar-refractivity contribution in [3.63, 3.8) is 0 Å². The van der Waals surface area contributed by atoms with Gasteiger partial charge in [0.25, 0.3) is 5.91 Å². The third-order valence-electron chi connectivity index (χ3n) is 3.98. The zero-order chi connectivity index (χ0) is 17.7. The molecule has 128 valence electrons. The van der Waals surface area contributed by atoms with Crippen molar-refractivity contribution in [1.82, 2.24) is 15.3 Å². The van der Waals surface area contributed by atoms with Crippen LogP contribution in [-0.4, -0.2) is 29.5 Å². The first-order valence-corrected chi connectivity index (χ1v) is 9.00. The smallest absolute Gasteiger partial charge is 0.261 e. The Kier molecular flexibility index (Phi) is 3.94. The molecule has 6 nitrogen and oxygen atoms in total. The van der Waals surface area contributed by atoms with E-state index in [1.165, 1.54) is 11.3 Å². The fourth-order valence-electron chi connectivity index (χ4n) is 2.92. The summed E-state index contributed by atoms with van der Waals surface area (Å²) in [5, 5.41) is 4.25. The number of hydrogen-bond donors (Lipinski definition) is 2. The molecule has 0 saturated heterocycles. The van der Waals surface area contributed by atoms with Gasteiger partial charge >= 0.3 is 0 Å². The van der Waals surface area contributed by atoms with E-state index >= 15 is 0 Å². The van der Waals surface area contributed by atoms with Gasteiger partial charge in [0.05, 0.1) is 27.2 Å². The molecule has 1 amide bonds. The molecule has 0 unspecified atom stereocenters. The minimum Gasteiger partial charge on any atom is -0.491 e. The van der Waals surface area contributed by atoms with Gasteiger partial charge in [-0.3, -0.25) is 4.79 Å². The van der Waals surface area contributed by atoms with Crippen LogP contribution in [0, 0.1) is 0 Å². The standard InChI is InChI=1S/C16H12Cl2N4O2S/c1-20-14(23)10-4-7-12(21-16(19)22-15(7)25-10)11-6-2-3-24-13(6)9(18)5-8(11)17/h4-5H,2-3H2,1H3,(H,20,23)(H2,19,21,22). The SMILES string of the molecule is CNC(=O)c1cc2c(-c3c(Cl)cc(Cl)c4c3CCO4)nc(N)nc2s1. The summed E-state index contributed by atoms with van der Waals surface area (Å²) in [6.07, 6.45) is 0.669. The largest absolute Gasteiger partial charge is 0.491 e. The fourth-order valence-corrected chi connectivity index (χ4v) is 4.55. The molecule has 0 atom stereocenters. The number of nitrogen functional groups attached to an aromatic ring is 1. The number of benzene rings is 1. The predicted octanol–water partition coefficient (Wildman–Crippen LogP) is 3.54. The molecule has 25 heavy (non-hydrogen) atoms.